The van der Waals surface area contributed by atoms with Crippen LogP contribution in [0.25, 0.3) is 10.2 Å². The van der Waals surface area contributed by atoms with Crippen molar-refractivity contribution in [2.75, 3.05) is 25.5 Å². The maximum absolute atomic E-state index is 12.6. The lowest BCUT2D eigenvalue weighted by Gasteiger charge is -2.30. The van der Waals surface area contributed by atoms with Crippen LogP contribution in [-0.4, -0.2) is 36.0 Å². The van der Waals surface area contributed by atoms with Crippen molar-refractivity contribution in [1.29, 1.82) is 0 Å². The van der Waals surface area contributed by atoms with Gasteiger partial charge >= 0.3 is 0 Å². The zero-order valence-corrected chi connectivity index (χ0v) is 17.1. The highest BCUT2D eigenvalue weighted by Crippen LogP contribution is 2.29. The lowest BCUT2D eigenvalue weighted by atomic mass is 9.99. The van der Waals surface area contributed by atoms with Crippen LogP contribution in [0, 0.1) is 5.92 Å². The number of hydrogen-bond acceptors (Lipinski definition) is 5. The molecule has 1 saturated heterocycles. The fourth-order valence-electron chi connectivity index (χ4n) is 3.60. The number of thiazole rings is 1. The quantitative estimate of drug-likeness (QED) is 0.675. The predicted octanol–water partition coefficient (Wildman–Crippen LogP) is 4.79. The van der Waals surface area contributed by atoms with Crippen molar-refractivity contribution >= 4 is 32.6 Å². The fourth-order valence-corrected chi connectivity index (χ4v) is 4.52. The smallest absolute Gasteiger partial charge is 0.261 e. The van der Waals surface area contributed by atoms with E-state index in [1.807, 2.05) is 18.2 Å². The Balaban J connectivity index is 1.48. The van der Waals surface area contributed by atoms with Gasteiger partial charge in [0.2, 0.25) is 0 Å². The molecule has 0 unspecified atom stereocenters. The number of methoxy groups -OCH3 is 1. The van der Waals surface area contributed by atoms with Gasteiger partial charge in [-0.2, -0.15) is 0 Å². The van der Waals surface area contributed by atoms with E-state index in [0.717, 1.165) is 22.7 Å². The molecule has 0 atom stereocenters. The van der Waals surface area contributed by atoms with Gasteiger partial charge in [-0.05, 0) is 61.7 Å². The van der Waals surface area contributed by atoms with Gasteiger partial charge in [0.15, 0.2) is 5.13 Å². The van der Waals surface area contributed by atoms with E-state index >= 15 is 0 Å². The van der Waals surface area contributed by atoms with Gasteiger partial charge in [-0.25, -0.2) is 4.98 Å². The number of anilines is 1. The summed E-state index contributed by atoms with van der Waals surface area (Å²) in [6, 6.07) is 13.6. The van der Waals surface area contributed by atoms with Crippen LogP contribution in [0.1, 0.15) is 35.7 Å². The minimum atomic E-state index is -0.209. The zero-order valence-electron chi connectivity index (χ0n) is 16.3. The maximum Gasteiger partial charge on any atom is 0.261 e. The normalized spacial score (nSPS) is 15.6. The Hall–Kier alpha value is -2.44. The van der Waals surface area contributed by atoms with E-state index in [-0.39, 0.29) is 5.91 Å². The topological polar surface area (TPSA) is 54.5 Å². The molecule has 0 spiro atoms. The van der Waals surface area contributed by atoms with Crippen molar-refractivity contribution in [3.8, 4) is 5.75 Å². The molecule has 3 aromatic rings. The molecule has 0 bridgehead atoms. The highest BCUT2D eigenvalue weighted by Gasteiger charge is 2.17. The zero-order chi connectivity index (χ0) is 19.5. The Labute approximate surface area is 169 Å². The van der Waals surface area contributed by atoms with Gasteiger partial charge < -0.3 is 4.74 Å². The molecule has 1 aromatic heterocycles. The number of nitrogens with one attached hydrogen (secondary N) is 1. The third kappa shape index (κ3) is 4.18. The van der Waals surface area contributed by atoms with Crippen molar-refractivity contribution in [1.82, 2.24) is 9.88 Å². The van der Waals surface area contributed by atoms with Crippen LogP contribution in [0.15, 0.2) is 42.5 Å². The van der Waals surface area contributed by atoms with Crippen LogP contribution >= 0.6 is 11.3 Å². The summed E-state index contributed by atoms with van der Waals surface area (Å²) in [4.78, 5) is 19.7. The minimum Gasteiger partial charge on any atom is -0.496 e. The van der Waals surface area contributed by atoms with Gasteiger partial charge in [0, 0.05) is 6.54 Å². The number of ether oxygens (including phenoxy) is 1. The van der Waals surface area contributed by atoms with Crippen molar-refractivity contribution < 1.29 is 9.53 Å². The van der Waals surface area contributed by atoms with Crippen molar-refractivity contribution in [2.45, 2.75) is 26.3 Å². The first-order chi connectivity index (χ1) is 13.6. The summed E-state index contributed by atoms with van der Waals surface area (Å²) >= 11 is 1.51. The fraction of sp³-hybridized carbons (Fsp3) is 0.364. The molecule has 2 aromatic carbocycles. The minimum absolute atomic E-state index is 0.209. The number of hydrogen-bond donors (Lipinski definition) is 1. The third-order valence-electron chi connectivity index (χ3n) is 5.31. The molecule has 1 fully saturated rings. The molecular weight excluding hydrogens is 370 g/mol. The van der Waals surface area contributed by atoms with Gasteiger partial charge in [0.05, 0.1) is 22.9 Å². The molecule has 146 valence electrons. The number of fused-ring (bicyclic) bond motifs is 1. The number of para-hydroxylation sites is 1. The standard InChI is InChI=1S/C22H25N3O2S/c1-15-9-11-25(12-10-15)14-16-7-8-18-20(13-16)28-22(23-18)24-21(26)17-5-3-4-6-19(17)27-2/h3-8,13,15H,9-12,14H2,1-2H3,(H,23,24,26). The number of rotatable bonds is 5. The number of piperidine rings is 1. The number of carbonyl (C=O) groups excluding carboxylic acids is 1. The lowest BCUT2D eigenvalue weighted by molar-refractivity contribution is 0.102. The second-order valence-corrected chi connectivity index (χ2v) is 8.46. The van der Waals surface area contributed by atoms with Gasteiger partial charge in [0.1, 0.15) is 5.75 Å². The largest absolute Gasteiger partial charge is 0.496 e. The number of aromatic nitrogens is 1. The van der Waals surface area contributed by atoms with E-state index in [0.29, 0.717) is 16.4 Å². The first-order valence-corrected chi connectivity index (χ1v) is 10.5. The molecule has 2 heterocycles. The first-order valence-electron chi connectivity index (χ1n) is 9.68. The summed E-state index contributed by atoms with van der Waals surface area (Å²) in [6.45, 7) is 5.65. The van der Waals surface area contributed by atoms with Crippen molar-refractivity contribution in [3.63, 3.8) is 0 Å². The van der Waals surface area contributed by atoms with Crippen LogP contribution in [0.2, 0.25) is 0 Å². The summed E-state index contributed by atoms with van der Waals surface area (Å²) in [7, 11) is 1.56. The first kappa shape index (κ1) is 18.9. The van der Waals surface area contributed by atoms with Gasteiger partial charge in [0.25, 0.3) is 5.91 Å². The Kier molecular flexibility index (Phi) is 5.59. The molecular formula is C22H25N3O2S. The molecule has 0 radical (unpaired) electrons. The maximum atomic E-state index is 12.6. The molecule has 6 heteroatoms. The number of carbonyl (C=O) groups is 1. The van der Waals surface area contributed by atoms with E-state index in [9.17, 15) is 4.79 Å². The summed E-state index contributed by atoms with van der Waals surface area (Å²) in [6.07, 6.45) is 2.56. The molecule has 4 rings (SSSR count). The number of nitrogens with zero attached hydrogens (tertiary/aromatic N) is 2. The van der Waals surface area contributed by atoms with Crippen LogP contribution in [0.4, 0.5) is 5.13 Å². The van der Waals surface area contributed by atoms with E-state index in [4.69, 9.17) is 4.74 Å². The van der Waals surface area contributed by atoms with Crippen LogP contribution in [0.3, 0.4) is 0 Å². The third-order valence-corrected chi connectivity index (χ3v) is 6.24. The molecule has 1 aliphatic heterocycles. The molecule has 0 aliphatic carbocycles. The highest BCUT2D eigenvalue weighted by atomic mass is 32.1. The Morgan fingerprint density at radius 2 is 2.04 bits per heavy atom. The molecule has 0 saturated carbocycles. The molecule has 5 nitrogen and oxygen atoms in total. The monoisotopic (exact) mass is 395 g/mol. The van der Waals surface area contributed by atoms with Crippen LogP contribution < -0.4 is 10.1 Å². The molecule has 1 aliphatic rings. The SMILES string of the molecule is COc1ccccc1C(=O)Nc1nc2ccc(CN3CCC(C)CC3)cc2s1. The van der Waals surface area contributed by atoms with E-state index in [1.165, 1.54) is 42.8 Å². The van der Waals surface area contributed by atoms with Gasteiger partial charge in [-0.3, -0.25) is 15.0 Å². The Morgan fingerprint density at radius 3 is 2.82 bits per heavy atom. The summed E-state index contributed by atoms with van der Waals surface area (Å²) in [5, 5.41) is 3.51. The number of likely N-dealkylation sites (tertiary alicyclic amines) is 1. The van der Waals surface area contributed by atoms with E-state index in [2.05, 4.69) is 34.3 Å². The molecule has 1 N–H and O–H groups in total. The Bertz CT molecular complexity index is 977. The average molecular weight is 396 g/mol. The number of amides is 1. The van der Waals surface area contributed by atoms with Gasteiger partial charge in [-0.1, -0.05) is 36.5 Å². The van der Waals surface area contributed by atoms with Gasteiger partial charge in [-0.15, -0.1) is 0 Å². The molecule has 28 heavy (non-hydrogen) atoms. The number of benzene rings is 2. The van der Waals surface area contributed by atoms with Crippen molar-refractivity contribution in [2.24, 2.45) is 5.92 Å². The lowest BCUT2D eigenvalue weighted by Crippen LogP contribution is -2.32. The molecule has 1 amide bonds. The highest BCUT2D eigenvalue weighted by molar-refractivity contribution is 7.22. The second kappa shape index (κ2) is 8.29. The predicted molar refractivity (Wildman–Crippen MR) is 114 cm³/mol. The second-order valence-electron chi connectivity index (χ2n) is 7.43. The summed E-state index contributed by atoms with van der Waals surface area (Å²) in [5.41, 5.74) is 2.72. The van der Waals surface area contributed by atoms with Crippen LogP contribution in [-0.2, 0) is 6.54 Å². The summed E-state index contributed by atoms with van der Waals surface area (Å²) in [5.74, 6) is 1.19. The average Bonchev–Trinajstić information content (AvgIpc) is 3.11. The van der Waals surface area contributed by atoms with E-state index in [1.54, 1.807) is 19.2 Å². The van der Waals surface area contributed by atoms with E-state index < -0.39 is 0 Å². The van der Waals surface area contributed by atoms with Crippen molar-refractivity contribution in [3.05, 3.63) is 53.6 Å². The Morgan fingerprint density at radius 1 is 1.25 bits per heavy atom. The summed E-state index contributed by atoms with van der Waals surface area (Å²) < 4.78 is 6.37. The van der Waals surface area contributed by atoms with Crippen LogP contribution in [0.5, 0.6) is 5.75 Å².